The van der Waals surface area contributed by atoms with E-state index in [2.05, 4.69) is 25.9 Å². The molecule has 3 aromatic carbocycles. The van der Waals surface area contributed by atoms with E-state index in [0.717, 1.165) is 15.4 Å². The molecule has 12 heteroatoms. The highest BCUT2D eigenvalue weighted by atomic mass is 32.2. The maximum atomic E-state index is 13.0. The van der Waals surface area contributed by atoms with Crippen LogP contribution in [0.1, 0.15) is 10.4 Å². The minimum absolute atomic E-state index is 0.308. The van der Waals surface area contributed by atoms with Gasteiger partial charge in [-0.15, -0.1) is 10.2 Å². The lowest BCUT2D eigenvalue weighted by atomic mass is 10.2. The van der Waals surface area contributed by atoms with E-state index in [4.69, 9.17) is 9.47 Å². The highest BCUT2D eigenvalue weighted by Gasteiger charge is 2.15. The Morgan fingerprint density at radius 2 is 1.63 bits per heavy atom. The van der Waals surface area contributed by atoms with E-state index in [-0.39, 0.29) is 25.0 Å². The summed E-state index contributed by atoms with van der Waals surface area (Å²) in [6.45, 7) is -0.709. The predicted molar refractivity (Wildman–Crippen MR) is 140 cm³/mol. The molecule has 1 heterocycles. The summed E-state index contributed by atoms with van der Waals surface area (Å²) in [7, 11) is 3.14. The fourth-order valence-corrected chi connectivity index (χ4v) is 4.17. The fourth-order valence-electron chi connectivity index (χ4n) is 3.15. The molecule has 1 aromatic heterocycles. The largest absolute Gasteiger partial charge is 0.482 e. The van der Waals surface area contributed by atoms with Crippen molar-refractivity contribution in [1.82, 2.24) is 25.5 Å². The van der Waals surface area contributed by atoms with E-state index in [0.29, 0.717) is 22.8 Å². The molecule has 0 bridgehead atoms. The third-order valence-corrected chi connectivity index (χ3v) is 6.31. The number of hydrogen-bond acceptors (Lipinski definition) is 9. The van der Waals surface area contributed by atoms with Crippen molar-refractivity contribution < 1.29 is 23.9 Å². The molecule has 0 unspecified atom stereocenters. The van der Waals surface area contributed by atoms with Crippen LogP contribution in [0.15, 0.2) is 82.6 Å². The Morgan fingerprint density at radius 1 is 0.921 bits per heavy atom. The highest BCUT2D eigenvalue weighted by molar-refractivity contribution is 7.99. The number of hydrogen-bond donors (Lipinski definition) is 2. The maximum Gasteiger partial charge on any atom is 0.344 e. The minimum atomic E-state index is -0.669. The van der Waals surface area contributed by atoms with Crippen molar-refractivity contribution in [3.63, 3.8) is 0 Å². The topological polar surface area (TPSA) is 139 Å². The number of anilines is 1. The standard InChI is InChI=1S/C26H24N6O5S/c1-32(2)23(33)15-37-24(34)16-36-18-13-11-17(12-14-18)26(35)27-20-8-4-6-10-22(20)38-21-9-5-3-7-19(21)25-28-30-31-29-25/h3-14H,15-16H2,1-2H3,(H,27,35)(H,28,29,30,31). The van der Waals surface area contributed by atoms with Gasteiger partial charge >= 0.3 is 5.97 Å². The normalized spacial score (nSPS) is 10.5. The molecule has 4 rings (SSSR count). The van der Waals surface area contributed by atoms with Gasteiger partial charge in [0.2, 0.25) is 5.82 Å². The van der Waals surface area contributed by atoms with Gasteiger partial charge in [-0.05, 0) is 53.7 Å². The Hall–Kier alpha value is -4.71. The van der Waals surface area contributed by atoms with Crippen LogP contribution in [0.5, 0.6) is 5.75 Å². The van der Waals surface area contributed by atoms with Crippen molar-refractivity contribution in [2.24, 2.45) is 0 Å². The second kappa shape index (κ2) is 12.5. The van der Waals surface area contributed by atoms with Crippen molar-refractivity contribution in [1.29, 1.82) is 0 Å². The first-order valence-corrected chi connectivity index (χ1v) is 12.2. The average molecular weight is 533 g/mol. The number of nitrogens with zero attached hydrogens (tertiary/aromatic N) is 4. The summed E-state index contributed by atoms with van der Waals surface area (Å²) in [4.78, 5) is 39.3. The monoisotopic (exact) mass is 532 g/mol. The van der Waals surface area contributed by atoms with Crippen LogP contribution in [-0.2, 0) is 14.3 Å². The smallest absolute Gasteiger partial charge is 0.344 e. The maximum absolute atomic E-state index is 13.0. The molecule has 0 aliphatic carbocycles. The zero-order valence-corrected chi connectivity index (χ0v) is 21.4. The van der Waals surface area contributed by atoms with Crippen LogP contribution in [-0.4, -0.2) is 70.6 Å². The summed E-state index contributed by atoms with van der Waals surface area (Å²) in [6.07, 6.45) is 0. The zero-order chi connectivity index (χ0) is 26.9. The molecule has 11 nitrogen and oxygen atoms in total. The van der Waals surface area contributed by atoms with Crippen LogP contribution in [0.25, 0.3) is 11.4 Å². The van der Waals surface area contributed by atoms with Crippen LogP contribution < -0.4 is 10.1 Å². The summed E-state index contributed by atoms with van der Waals surface area (Å²) >= 11 is 1.47. The van der Waals surface area contributed by atoms with Crippen LogP contribution in [0, 0.1) is 0 Å². The molecule has 0 fully saturated rings. The molecule has 0 radical (unpaired) electrons. The number of rotatable bonds is 10. The van der Waals surface area contributed by atoms with Gasteiger partial charge in [-0.25, -0.2) is 4.79 Å². The lowest BCUT2D eigenvalue weighted by Gasteiger charge is -2.13. The number of benzene rings is 3. The van der Waals surface area contributed by atoms with Crippen molar-refractivity contribution in [2.75, 3.05) is 32.6 Å². The SMILES string of the molecule is CN(C)C(=O)COC(=O)COc1ccc(C(=O)Nc2ccccc2Sc2ccccc2-c2nn[nH]n2)cc1. The van der Waals surface area contributed by atoms with Crippen molar-refractivity contribution in [3.8, 4) is 17.1 Å². The summed E-state index contributed by atoms with van der Waals surface area (Å²) in [6, 6.07) is 21.5. The van der Waals surface area contributed by atoms with Gasteiger partial charge in [0.25, 0.3) is 11.8 Å². The zero-order valence-electron chi connectivity index (χ0n) is 20.6. The number of nitrogens with one attached hydrogen (secondary N) is 2. The number of ether oxygens (including phenoxy) is 2. The summed E-state index contributed by atoms with van der Waals surface area (Å²) in [5.41, 5.74) is 1.86. The van der Waals surface area contributed by atoms with E-state index >= 15 is 0 Å². The van der Waals surface area contributed by atoms with Gasteiger partial charge in [-0.3, -0.25) is 9.59 Å². The molecule has 0 aliphatic rings. The van der Waals surface area contributed by atoms with Crippen LogP contribution in [0.2, 0.25) is 0 Å². The molecule has 0 atom stereocenters. The van der Waals surface area contributed by atoms with E-state index in [1.807, 2.05) is 48.5 Å². The number of tetrazole rings is 1. The van der Waals surface area contributed by atoms with Crippen molar-refractivity contribution in [2.45, 2.75) is 9.79 Å². The van der Waals surface area contributed by atoms with Gasteiger partial charge in [0.1, 0.15) is 5.75 Å². The molecular weight excluding hydrogens is 508 g/mol. The van der Waals surface area contributed by atoms with Crippen molar-refractivity contribution in [3.05, 3.63) is 78.4 Å². The number of carbonyl (C=O) groups is 3. The van der Waals surface area contributed by atoms with Crippen LogP contribution in [0.3, 0.4) is 0 Å². The Kier molecular flexibility index (Phi) is 8.67. The fraction of sp³-hybridized carbons (Fsp3) is 0.154. The average Bonchev–Trinajstić information content (AvgIpc) is 3.47. The molecule has 2 N–H and O–H groups in total. The second-order valence-electron chi connectivity index (χ2n) is 8.05. The molecule has 0 aliphatic heterocycles. The van der Waals surface area contributed by atoms with Gasteiger partial charge in [-0.2, -0.15) is 5.21 Å². The molecular formula is C26H24N6O5S. The van der Waals surface area contributed by atoms with E-state index in [1.54, 1.807) is 38.4 Å². The van der Waals surface area contributed by atoms with E-state index in [1.165, 1.54) is 16.7 Å². The number of aromatic amines is 1. The van der Waals surface area contributed by atoms with Crippen molar-refractivity contribution >= 4 is 35.2 Å². The molecule has 0 spiro atoms. The Balaban J connectivity index is 1.37. The van der Waals surface area contributed by atoms with Gasteiger partial charge in [0, 0.05) is 35.0 Å². The number of aromatic nitrogens is 4. The second-order valence-corrected chi connectivity index (χ2v) is 9.13. The molecule has 0 saturated heterocycles. The van der Waals surface area contributed by atoms with Crippen LogP contribution in [0.4, 0.5) is 5.69 Å². The summed E-state index contributed by atoms with van der Waals surface area (Å²) in [5.74, 6) is -0.446. The first kappa shape index (κ1) is 26.4. The number of carbonyl (C=O) groups excluding carboxylic acids is 3. The molecule has 38 heavy (non-hydrogen) atoms. The van der Waals surface area contributed by atoms with Gasteiger partial charge < -0.3 is 19.7 Å². The number of esters is 1. The number of H-pyrrole nitrogens is 1. The van der Waals surface area contributed by atoms with Gasteiger partial charge in [0.15, 0.2) is 13.2 Å². The molecule has 0 saturated carbocycles. The lowest BCUT2D eigenvalue weighted by molar-refractivity contribution is -0.152. The van der Waals surface area contributed by atoms with Gasteiger partial charge in [0.05, 0.1) is 5.69 Å². The molecule has 194 valence electrons. The minimum Gasteiger partial charge on any atom is -0.482 e. The third-order valence-electron chi connectivity index (χ3n) is 5.16. The first-order valence-electron chi connectivity index (χ1n) is 11.4. The number of likely N-dealkylation sites (N-methyl/N-ethyl adjacent to an activating group) is 1. The Morgan fingerprint density at radius 3 is 2.34 bits per heavy atom. The molecule has 2 amide bonds. The number of para-hydroxylation sites is 1. The summed E-state index contributed by atoms with van der Waals surface area (Å²) < 4.78 is 10.3. The molecule has 4 aromatic rings. The summed E-state index contributed by atoms with van der Waals surface area (Å²) in [5, 5.41) is 17.2. The lowest BCUT2D eigenvalue weighted by Crippen LogP contribution is -2.28. The Bertz CT molecular complexity index is 1410. The Labute approximate surface area is 222 Å². The predicted octanol–water partition coefficient (Wildman–Crippen LogP) is 3.28. The van der Waals surface area contributed by atoms with Gasteiger partial charge in [-0.1, -0.05) is 36.0 Å². The number of amides is 2. The quantitative estimate of drug-likeness (QED) is 0.295. The van der Waals surface area contributed by atoms with E-state index in [9.17, 15) is 14.4 Å². The highest BCUT2D eigenvalue weighted by Crippen LogP contribution is 2.38. The van der Waals surface area contributed by atoms with Crippen LogP contribution >= 0.6 is 11.8 Å². The first-order chi connectivity index (χ1) is 18.4. The van der Waals surface area contributed by atoms with E-state index < -0.39 is 5.97 Å². The third kappa shape index (κ3) is 6.95.